The first-order valence-corrected chi connectivity index (χ1v) is 11.1. The molecule has 28 heavy (non-hydrogen) atoms. The van der Waals surface area contributed by atoms with Gasteiger partial charge in [-0.1, -0.05) is 13.8 Å². The fraction of sp³-hybridized carbons (Fsp3) is 0.864. The van der Waals surface area contributed by atoms with Gasteiger partial charge in [0.25, 0.3) is 0 Å². The average molecular weight is 390 g/mol. The molecule has 5 aliphatic rings. The summed E-state index contributed by atoms with van der Waals surface area (Å²) in [6.07, 6.45) is 8.89. The van der Waals surface area contributed by atoms with Crippen LogP contribution >= 0.6 is 0 Å². The summed E-state index contributed by atoms with van der Waals surface area (Å²) in [5.74, 6) is 1.86. The Morgan fingerprint density at radius 2 is 1.54 bits per heavy atom. The summed E-state index contributed by atoms with van der Waals surface area (Å²) in [5.41, 5.74) is -0.260. The quantitative estimate of drug-likeness (QED) is 0.700. The van der Waals surface area contributed by atoms with Gasteiger partial charge in [0.05, 0.1) is 6.54 Å². The van der Waals surface area contributed by atoms with Crippen LogP contribution in [0.1, 0.15) is 65.2 Å². The van der Waals surface area contributed by atoms with Crippen molar-refractivity contribution in [3.8, 4) is 0 Å². The van der Waals surface area contributed by atoms with Gasteiger partial charge >= 0.3 is 0 Å². The molecule has 0 aliphatic heterocycles. The molecule has 5 saturated carbocycles. The van der Waals surface area contributed by atoms with E-state index in [1.165, 1.54) is 24.2 Å². The summed E-state index contributed by atoms with van der Waals surface area (Å²) in [6, 6.07) is -0.285. The molecule has 5 rings (SSSR count). The second-order valence-electron chi connectivity index (χ2n) is 10.4. The smallest absolute Gasteiger partial charge is 0.245 e. The van der Waals surface area contributed by atoms with Crippen LogP contribution in [0.4, 0.5) is 0 Å². The van der Waals surface area contributed by atoms with E-state index in [9.17, 15) is 14.4 Å². The Kier molecular flexibility index (Phi) is 5.17. The van der Waals surface area contributed by atoms with Crippen LogP contribution in [0.15, 0.2) is 0 Å². The van der Waals surface area contributed by atoms with Gasteiger partial charge in [-0.25, -0.2) is 0 Å². The number of nitrogens with zero attached hydrogens (tertiary/aromatic N) is 1. The van der Waals surface area contributed by atoms with Crippen LogP contribution in [0.5, 0.6) is 0 Å². The van der Waals surface area contributed by atoms with Crippen molar-refractivity contribution in [2.45, 2.75) is 77.3 Å². The Morgan fingerprint density at radius 1 is 1.00 bits per heavy atom. The third-order valence-corrected chi connectivity index (χ3v) is 7.44. The topological polar surface area (TPSA) is 78.5 Å². The lowest BCUT2D eigenvalue weighted by molar-refractivity contribution is -0.150. The van der Waals surface area contributed by atoms with Crippen molar-refractivity contribution in [1.29, 1.82) is 0 Å². The van der Waals surface area contributed by atoms with Crippen molar-refractivity contribution >= 4 is 17.7 Å². The molecule has 1 unspecified atom stereocenters. The predicted molar refractivity (Wildman–Crippen MR) is 106 cm³/mol. The van der Waals surface area contributed by atoms with E-state index >= 15 is 0 Å². The van der Waals surface area contributed by atoms with Crippen molar-refractivity contribution in [1.82, 2.24) is 15.5 Å². The molecule has 0 radical (unpaired) electrons. The van der Waals surface area contributed by atoms with Crippen LogP contribution in [-0.4, -0.2) is 48.3 Å². The highest BCUT2D eigenvalue weighted by Crippen LogP contribution is 2.60. The fourth-order valence-electron chi connectivity index (χ4n) is 6.23. The minimum atomic E-state index is -0.570. The lowest BCUT2D eigenvalue weighted by Gasteiger charge is -2.56. The molecule has 0 aromatic rings. The van der Waals surface area contributed by atoms with Gasteiger partial charge in [0.15, 0.2) is 0 Å². The predicted octanol–water partition coefficient (Wildman–Crippen LogP) is 2.08. The maximum Gasteiger partial charge on any atom is 0.245 e. The van der Waals surface area contributed by atoms with E-state index in [1.54, 1.807) is 7.05 Å². The first-order chi connectivity index (χ1) is 13.3. The molecule has 5 aliphatic carbocycles. The summed E-state index contributed by atoms with van der Waals surface area (Å²) >= 11 is 0. The first kappa shape index (κ1) is 19.7. The van der Waals surface area contributed by atoms with E-state index in [2.05, 4.69) is 10.6 Å². The molecule has 2 N–H and O–H groups in total. The van der Waals surface area contributed by atoms with Crippen LogP contribution < -0.4 is 10.6 Å². The normalized spacial score (nSPS) is 34.2. The zero-order valence-corrected chi connectivity index (χ0v) is 17.5. The molecule has 0 heterocycles. The number of carbonyl (C=O) groups is 3. The van der Waals surface area contributed by atoms with E-state index in [1.807, 2.05) is 13.8 Å². The molecule has 6 heteroatoms. The molecule has 6 nitrogen and oxygen atoms in total. The zero-order valence-electron chi connectivity index (χ0n) is 17.5. The van der Waals surface area contributed by atoms with Crippen LogP contribution in [0.25, 0.3) is 0 Å². The van der Waals surface area contributed by atoms with E-state index in [0.29, 0.717) is 17.8 Å². The van der Waals surface area contributed by atoms with Crippen LogP contribution in [0.2, 0.25) is 0 Å². The average Bonchev–Trinajstić information content (AvgIpc) is 3.41. The van der Waals surface area contributed by atoms with Gasteiger partial charge in [-0.2, -0.15) is 0 Å². The highest BCUT2D eigenvalue weighted by Gasteiger charge is 2.55. The minimum absolute atomic E-state index is 0.0145. The van der Waals surface area contributed by atoms with Crippen molar-refractivity contribution < 1.29 is 14.4 Å². The van der Waals surface area contributed by atoms with E-state index < -0.39 is 6.04 Å². The zero-order chi connectivity index (χ0) is 20.1. The van der Waals surface area contributed by atoms with Gasteiger partial charge in [-0.05, 0) is 75.0 Å². The summed E-state index contributed by atoms with van der Waals surface area (Å²) in [6.45, 7) is 3.97. The maximum absolute atomic E-state index is 13.4. The maximum atomic E-state index is 13.4. The lowest BCUT2D eigenvalue weighted by atomic mass is 9.49. The molecule has 1 atom stereocenters. The SMILES string of the molecule is CC(C)C(NC(=O)C12CC3CC(CC(C3)C1)C2)C(=O)N(C)CC(=O)NC1CC1. The third-order valence-electron chi connectivity index (χ3n) is 7.44. The number of hydrogen-bond donors (Lipinski definition) is 2. The largest absolute Gasteiger partial charge is 0.352 e. The van der Waals surface area contributed by atoms with Gasteiger partial charge in [0.1, 0.15) is 6.04 Å². The molecule has 0 saturated heterocycles. The summed E-state index contributed by atoms with van der Waals surface area (Å²) < 4.78 is 0. The highest BCUT2D eigenvalue weighted by atomic mass is 16.2. The Hall–Kier alpha value is -1.59. The second kappa shape index (κ2) is 7.34. The molecule has 4 bridgehead atoms. The number of nitrogens with one attached hydrogen (secondary N) is 2. The molecule has 156 valence electrons. The molecular formula is C22H35N3O3. The second-order valence-corrected chi connectivity index (χ2v) is 10.4. The molecule has 5 fully saturated rings. The van der Waals surface area contributed by atoms with Gasteiger partial charge in [0, 0.05) is 18.5 Å². The van der Waals surface area contributed by atoms with Gasteiger partial charge < -0.3 is 15.5 Å². The van der Waals surface area contributed by atoms with Crippen LogP contribution in [0, 0.1) is 29.1 Å². The number of amides is 3. The van der Waals surface area contributed by atoms with E-state index in [4.69, 9.17) is 0 Å². The number of hydrogen-bond acceptors (Lipinski definition) is 3. The minimum Gasteiger partial charge on any atom is -0.352 e. The standard InChI is InChI=1S/C22H35N3O3/c1-13(2)19(20(27)25(3)12-18(26)23-17-4-5-17)24-21(28)22-9-14-6-15(10-22)8-16(7-14)11-22/h13-17,19H,4-12H2,1-3H3,(H,23,26)(H,24,28). The Morgan fingerprint density at radius 3 is 2.00 bits per heavy atom. The van der Waals surface area contributed by atoms with Crippen molar-refractivity contribution in [3.05, 3.63) is 0 Å². The van der Waals surface area contributed by atoms with Gasteiger partial charge in [-0.3, -0.25) is 14.4 Å². The third kappa shape index (κ3) is 3.92. The highest BCUT2D eigenvalue weighted by molar-refractivity contribution is 5.92. The molecular weight excluding hydrogens is 354 g/mol. The lowest BCUT2D eigenvalue weighted by Crippen LogP contribution is -2.59. The number of likely N-dealkylation sites (N-methyl/N-ethyl adjacent to an activating group) is 1. The Labute approximate surface area is 168 Å². The van der Waals surface area contributed by atoms with Crippen molar-refractivity contribution in [2.75, 3.05) is 13.6 Å². The van der Waals surface area contributed by atoms with Crippen molar-refractivity contribution in [3.63, 3.8) is 0 Å². The Bertz CT molecular complexity index is 620. The van der Waals surface area contributed by atoms with E-state index in [0.717, 1.165) is 32.1 Å². The fourth-order valence-corrected chi connectivity index (χ4v) is 6.23. The van der Waals surface area contributed by atoms with Crippen molar-refractivity contribution in [2.24, 2.45) is 29.1 Å². The molecule has 0 spiro atoms. The summed E-state index contributed by atoms with van der Waals surface area (Å²) in [5, 5.41) is 6.04. The molecule has 0 aromatic carbocycles. The summed E-state index contributed by atoms with van der Waals surface area (Å²) in [7, 11) is 1.65. The van der Waals surface area contributed by atoms with Gasteiger partial charge in [-0.15, -0.1) is 0 Å². The first-order valence-electron chi connectivity index (χ1n) is 11.1. The van der Waals surface area contributed by atoms with Crippen LogP contribution in [0.3, 0.4) is 0 Å². The van der Waals surface area contributed by atoms with E-state index in [-0.39, 0.29) is 41.6 Å². The molecule has 3 amide bonds. The molecule has 0 aromatic heterocycles. The van der Waals surface area contributed by atoms with Crippen LogP contribution in [-0.2, 0) is 14.4 Å². The van der Waals surface area contributed by atoms with Gasteiger partial charge in [0.2, 0.25) is 17.7 Å². The summed E-state index contributed by atoms with van der Waals surface area (Å²) in [4.78, 5) is 39.9. The number of carbonyl (C=O) groups excluding carboxylic acids is 3. The number of rotatable bonds is 7. The Balaban J connectivity index is 1.39. The monoisotopic (exact) mass is 389 g/mol.